The summed E-state index contributed by atoms with van der Waals surface area (Å²) in [6.07, 6.45) is 5.92. The van der Waals surface area contributed by atoms with Crippen LogP contribution in [-0.2, 0) is 11.3 Å². The Labute approximate surface area is 116 Å². The first-order valence-corrected chi connectivity index (χ1v) is 7.52. The third-order valence-corrected chi connectivity index (χ3v) is 4.53. The molecular weight excluding hydrogens is 236 g/mol. The van der Waals surface area contributed by atoms with Crippen molar-refractivity contribution in [2.45, 2.75) is 51.7 Å². The fraction of sp³-hybridized carbons (Fsp3) is 0.647. The van der Waals surface area contributed by atoms with E-state index in [0.29, 0.717) is 18.4 Å². The van der Waals surface area contributed by atoms with E-state index < -0.39 is 0 Å². The fourth-order valence-electron chi connectivity index (χ4n) is 3.38. The minimum Gasteiger partial charge on any atom is -0.388 e. The van der Waals surface area contributed by atoms with Gasteiger partial charge in [0.05, 0.1) is 12.7 Å². The zero-order chi connectivity index (χ0) is 13.7. The van der Waals surface area contributed by atoms with Gasteiger partial charge in [-0.15, -0.1) is 0 Å². The molecule has 19 heavy (non-hydrogen) atoms. The number of aliphatic hydroxyl groups excluding tert-OH is 1. The van der Waals surface area contributed by atoms with Crippen molar-refractivity contribution < 1.29 is 9.84 Å². The summed E-state index contributed by atoms with van der Waals surface area (Å²) >= 11 is 0. The lowest BCUT2D eigenvalue weighted by Gasteiger charge is -2.34. The van der Waals surface area contributed by atoms with E-state index in [1.807, 2.05) is 0 Å². The van der Waals surface area contributed by atoms with Crippen molar-refractivity contribution in [3.05, 3.63) is 35.4 Å². The van der Waals surface area contributed by atoms with Gasteiger partial charge < -0.3 is 9.84 Å². The summed E-state index contributed by atoms with van der Waals surface area (Å²) in [7, 11) is 1.70. The summed E-state index contributed by atoms with van der Waals surface area (Å²) in [4.78, 5) is 0. The monoisotopic (exact) mass is 262 g/mol. The maximum Gasteiger partial charge on any atom is 0.0820 e. The van der Waals surface area contributed by atoms with Gasteiger partial charge in [-0.05, 0) is 29.4 Å². The molecule has 0 aliphatic heterocycles. The van der Waals surface area contributed by atoms with E-state index in [-0.39, 0.29) is 6.10 Å². The van der Waals surface area contributed by atoms with Crippen LogP contribution in [0.15, 0.2) is 24.3 Å². The van der Waals surface area contributed by atoms with Gasteiger partial charge in [-0.2, -0.15) is 0 Å². The summed E-state index contributed by atoms with van der Waals surface area (Å²) in [5.74, 6) is 1.12. The summed E-state index contributed by atoms with van der Waals surface area (Å²) in [6, 6.07) is 8.23. The number of hydrogen-bond acceptors (Lipinski definition) is 2. The van der Waals surface area contributed by atoms with E-state index in [1.54, 1.807) is 7.11 Å². The molecule has 1 N–H and O–H groups in total. The zero-order valence-corrected chi connectivity index (χ0v) is 12.1. The molecule has 106 valence electrons. The summed E-state index contributed by atoms with van der Waals surface area (Å²) < 4.78 is 5.12. The van der Waals surface area contributed by atoms with E-state index in [2.05, 4.69) is 31.2 Å². The summed E-state index contributed by atoms with van der Waals surface area (Å²) in [6.45, 7) is 2.88. The van der Waals surface area contributed by atoms with Crippen LogP contribution in [0.3, 0.4) is 0 Å². The number of hydrogen-bond donors (Lipinski definition) is 1. The van der Waals surface area contributed by atoms with Crippen LogP contribution in [0.2, 0.25) is 0 Å². The molecule has 1 fully saturated rings. The first-order chi connectivity index (χ1) is 9.26. The average Bonchev–Trinajstić information content (AvgIpc) is 2.47. The van der Waals surface area contributed by atoms with Crippen molar-refractivity contribution in [1.29, 1.82) is 0 Å². The Balaban J connectivity index is 2.06. The SMILES string of the molecule is CCC1CCCCC1C(O)c1ccc(COC)cc1. The Morgan fingerprint density at radius 1 is 1.21 bits per heavy atom. The molecule has 1 aliphatic rings. The molecule has 1 aromatic rings. The zero-order valence-electron chi connectivity index (χ0n) is 12.1. The van der Waals surface area contributed by atoms with Crippen molar-refractivity contribution in [2.24, 2.45) is 11.8 Å². The molecule has 0 spiro atoms. The minimum atomic E-state index is -0.304. The highest BCUT2D eigenvalue weighted by Gasteiger charge is 2.30. The lowest BCUT2D eigenvalue weighted by Crippen LogP contribution is -2.25. The molecular formula is C17H26O2. The second kappa shape index (κ2) is 7.06. The normalized spacial score (nSPS) is 25.2. The predicted octanol–water partition coefficient (Wildman–Crippen LogP) is 4.08. The highest BCUT2D eigenvalue weighted by Crippen LogP contribution is 2.40. The summed E-state index contributed by atoms with van der Waals surface area (Å²) in [5.41, 5.74) is 2.22. The minimum absolute atomic E-state index is 0.304. The van der Waals surface area contributed by atoms with Crippen LogP contribution in [0.5, 0.6) is 0 Å². The van der Waals surface area contributed by atoms with Crippen molar-refractivity contribution >= 4 is 0 Å². The second-order valence-corrected chi connectivity index (χ2v) is 5.74. The van der Waals surface area contributed by atoms with Crippen molar-refractivity contribution in [3.8, 4) is 0 Å². The van der Waals surface area contributed by atoms with Crippen LogP contribution in [0.4, 0.5) is 0 Å². The second-order valence-electron chi connectivity index (χ2n) is 5.74. The van der Waals surface area contributed by atoms with Gasteiger partial charge in [0.1, 0.15) is 0 Å². The Bertz CT molecular complexity index is 371. The van der Waals surface area contributed by atoms with Crippen LogP contribution in [0, 0.1) is 11.8 Å². The molecule has 1 aromatic carbocycles. The predicted molar refractivity (Wildman–Crippen MR) is 77.9 cm³/mol. The quantitative estimate of drug-likeness (QED) is 0.866. The number of rotatable bonds is 5. The third kappa shape index (κ3) is 3.58. The Kier molecular flexibility index (Phi) is 5.41. The molecule has 0 aromatic heterocycles. The number of aliphatic hydroxyl groups is 1. The molecule has 2 heteroatoms. The average molecular weight is 262 g/mol. The van der Waals surface area contributed by atoms with Crippen LogP contribution in [0.25, 0.3) is 0 Å². The lowest BCUT2D eigenvalue weighted by molar-refractivity contribution is 0.0451. The topological polar surface area (TPSA) is 29.5 Å². The van der Waals surface area contributed by atoms with E-state index in [1.165, 1.54) is 32.1 Å². The molecule has 0 saturated heterocycles. The van der Waals surface area contributed by atoms with Gasteiger partial charge in [0.25, 0.3) is 0 Å². The Morgan fingerprint density at radius 2 is 1.89 bits per heavy atom. The lowest BCUT2D eigenvalue weighted by atomic mass is 9.73. The molecule has 0 heterocycles. The first-order valence-electron chi connectivity index (χ1n) is 7.52. The largest absolute Gasteiger partial charge is 0.388 e. The van der Waals surface area contributed by atoms with Gasteiger partial charge in [-0.25, -0.2) is 0 Å². The van der Waals surface area contributed by atoms with Crippen LogP contribution < -0.4 is 0 Å². The van der Waals surface area contributed by atoms with E-state index >= 15 is 0 Å². The summed E-state index contributed by atoms with van der Waals surface area (Å²) in [5, 5.41) is 10.6. The molecule has 1 saturated carbocycles. The van der Waals surface area contributed by atoms with Gasteiger partial charge in [-0.3, -0.25) is 0 Å². The smallest absolute Gasteiger partial charge is 0.0820 e. The maximum absolute atomic E-state index is 10.6. The van der Waals surface area contributed by atoms with Gasteiger partial charge >= 0.3 is 0 Å². The molecule has 3 unspecified atom stereocenters. The van der Waals surface area contributed by atoms with Crippen molar-refractivity contribution in [2.75, 3.05) is 7.11 Å². The van der Waals surface area contributed by atoms with Crippen LogP contribution >= 0.6 is 0 Å². The molecule has 1 aliphatic carbocycles. The molecule has 2 rings (SSSR count). The Morgan fingerprint density at radius 3 is 2.53 bits per heavy atom. The molecule has 0 radical (unpaired) electrons. The van der Waals surface area contributed by atoms with E-state index in [4.69, 9.17) is 4.74 Å². The first kappa shape index (κ1) is 14.5. The van der Waals surface area contributed by atoms with Gasteiger partial charge in [0.15, 0.2) is 0 Å². The fourth-order valence-corrected chi connectivity index (χ4v) is 3.38. The molecule has 0 amide bonds. The highest BCUT2D eigenvalue weighted by atomic mass is 16.5. The van der Waals surface area contributed by atoms with E-state index in [9.17, 15) is 5.11 Å². The van der Waals surface area contributed by atoms with E-state index in [0.717, 1.165) is 11.1 Å². The van der Waals surface area contributed by atoms with Gasteiger partial charge in [0.2, 0.25) is 0 Å². The number of ether oxygens (including phenoxy) is 1. The standard InChI is InChI=1S/C17H26O2/c1-3-14-6-4-5-7-16(14)17(18)15-10-8-13(9-11-15)12-19-2/h8-11,14,16-18H,3-7,12H2,1-2H3. The molecule has 2 nitrogen and oxygen atoms in total. The number of methoxy groups -OCH3 is 1. The van der Waals surface area contributed by atoms with Crippen molar-refractivity contribution in [3.63, 3.8) is 0 Å². The van der Waals surface area contributed by atoms with Crippen LogP contribution in [-0.4, -0.2) is 12.2 Å². The molecule has 0 bridgehead atoms. The third-order valence-electron chi connectivity index (χ3n) is 4.53. The van der Waals surface area contributed by atoms with Gasteiger partial charge in [-0.1, -0.05) is 56.9 Å². The highest BCUT2D eigenvalue weighted by molar-refractivity contribution is 5.24. The molecule has 3 atom stereocenters. The Hall–Kier alpha value is -0.860. The maximum atomic E-state index is 10.6. The van der Waals surface area contributed by atoms with Gasteiger partial charge in [0, 0.05) is 7.11 Å². The van der Waals surface area contributed by atoms with Crippen molar-refractivity contribution in [1.82, 2.24) is 0 Å². The van der Waals surface area contributed by atoms with Crippen LogP contribution in [0.1, 0.15) is 56.3 Å². The number of benzene rings is 1.